The van der Waals surface area contributed by atoms with E-state index in [1.165, 1.54) is 0 Å². The van der Waals surface area contributed by atoms with Crippen LogP contribution < -0.4 is 0 Å². The summed E-state index contributed by atoms with van der Waals surface area (Å²) in [6, 6.07) is 15.1. The summed E-state index contributed by atoms with van der Waals surface area (Å²) in [5, 5.41) is 0. The van der Waals surface area contributed by atoms with Gasteiger partial charge in [0.05, 0.1) is 22.9 Å². The summed E-state index contributed by atoms with van der Waals surface area (Å²) in [5.41, 5.74) is -0.780. The molecular formula is C24H21NO2. The number of allylic oxidation sites excluding steroid dienone is 2. The van der Waals surface area contributed by atoms with Crippen LogP contribution in [-0.2, 0) is 9.59 Å². The van der Waals surface area contributed by atoms with Crippen molar-refractivity contribution in [1.29, 1.82) is 0 Å². The van der Waals surface area contributed by atoms with E-state index in [0.29, 0.717) is 5.56 Å². The zero-order valence-electron chi connectivity index (χ0n) is 19.8. The Morgan fingerprint density at radius 1 is 1.00 bits per heavy atom. The molecule has 3 atom stereocenters. The largest absolute Gasteiger partial charge is 0.274 e. The maximum Gasteiger partial charge on any atom is 0.244 e. The van der Waals surface area contributed by atoms with Gasteiger partial charge in [0.2, 0.25) is 11.8 Å². The first-order valence-electron chi connectivity index (χ1n) is 11.5. The van der Waals surface area contributed by atoms with Crippen molar-refractivity contribution < 1.29 is 16.4 Å². The van der Waals surface area contributed by atoms with E-state index in [1.807, 2.05) is 6.07 Å². The van der Waals surface area contributed by atoms with Crippen LogP contribution in [0, 0.1) is 17.2 Å². The molecule has 3 heteroatoms. The molecule has 1 heterocycles. The van der Waals surface area contributed by atoms with E-state index in [9.17, 15) is 9.59 Å². The smallest absolute Gasteiger partial charge is 0.244 e. The lowest BCUT2D eigenvalue weighted by atomic mass is 9.57. The molecule has 3 aliphatic carbocycles. The minimum Gasteiger partial charge on any atom is -0.274 e. The van der Waals surface area contributed by atoms with Crippen molar-refractivity contribution in [3.8, 4) is 0 Å². The van der Waals surface area contributed by atoms with Gasteiger partial charge in [0.25, 0.3) is 0 Å². The second kappa shape index (κ2) is 5.78. The molecule has 2 bridgehead atoms. The Morgan fingerprint density at radius 2 is 1.59 bits per heavy atom. The zero-order chi connectivity index (χ0) is 23.0. The molecular weight excluding hydrogens is 334 g/mol. The number of likely N-dealkylation sites (tertiary alicyclic amines) is 1. The van der Waals surface area contributed by atoms with Crippen molar-refractivity contribution in [3.63, 3.8) is 0 Å². The molecule has 0 N–H and O–H groups in total. The zero-order valence-corrected chi connectivity index (χ0v) is 14.8. The highest BCUT2D eigenvalue weighted by Gasteiger charge is 2.64. The third kappa shape index (κ3) is 2.14. The topological polar surface area (TPSA) is 37.4 Å². The first kappa shape index (κ1) is 11.7. The Labute approximate surface area is 166 Å². The van der Waals surface area contributed by atoms with Gasteiger partial charge in [-0.2, -0.15) is 0 Å². The Bertz CT molecular complexity index is 1180. The molecule has 6 rings (SSSR count). The van der Waals surface area contributed by atoms with Crippen LogP contribution in [0.4, 0.5) is 0 Å². The number of benzene rings is 2. The molecule has 27 heavy (non-hydrogen) atoms. The van der Waals surface area contributed by atoms with Crippen molar-refractivity contribution in [3.05, 3.63) is 96.0 Å². The van der Waals surface area contributed by atoms with E-state index in [0.717, 1.165) is 10.5 Å². The summed E-state index contributed by atoms with van der Waals surface area (Å²) in [5.74, 6) is -5.63. The predicted molar refractivity (Wildman–Crippen MR) is 104 cm³/mol. The second-order valence-electron chi connectivity index (χ2n) is 7.19. The van der Waals surface area contributed by atoms with Crippen molar-refractivity contribution in [2.45, 2.75) is 18.9 Å². The summed E-state index contributed by atoms with van der Waals surface area (Å²) in [6.07, 6.45) is 0. The van der Waals surface area contributed by atoms with Crippen LogP contribution in [0.1, 0.15) is 36.9 Å². The molecule has 1 fully saturated rings. The Hall–Kier alpha value is -2.94. The molecule has 4 aliphatic rings. The highest BCUT2D eigenvalue weighted by Crippen LogP contribution is 2.58. The highest BCUT2D eigenvalue weighted by atomic mass is 16.2. The maximum atomic E-state index is 13.9. The van der Waals surface area contributed by atoms with E-state index < -0.39 is 65.2 Å². The van der Waals surface area contributed by atoms with Crippen molar-refractivity contribution >= 4 is 11.8 Å². The molecule has 0 radical (unpaired) electrons. The van der Waals surface area contributed by atoms with Gasteiger partial charge < -0.3 is 0 Å². The van der Waals surface area contributed by atoms with E-state index in [4.69, 9.17) is 6.85 Å². The average molecular weight is 360 g/mol. The fourth-order valence-corrected chi connectivity index (χ4v) is 4.40. The van der Waals surface area contributed by atoms with Crippen molar-refractivity contribution in [2.75, 3.05) is 0 Å². The van der Waals surface area contributed by atoms with Crippen LogP contribution in [0.3, 0.4) is 0 Å². The van der Waals surface area contributed by atoms with Gasteiger partial charge in [0, 0.05) is 13.2 Å². The second-order valence-corrected chi connectivity index (χ2v) is 7.19. The molecule has 2 aromatic carbocycles. The molecule has 3 nitrogen and oxygen atoms in total. The highest BCUT2D eigenvalue weighted by molar-refractivity contribution is 6.11. The van der Waals surface area contributed by atoms with Gasteiger partial charge >= 0.3 is 0 Å². The monoisotopic (exact) mass is 360 g/mol. The van der Waals surface area contributed by atoms with Gasteiger partial charge in [-0.25, -0.2) is 0 Å². The SMILES string of the molecule is [2H]C1=C([2H])C23C(=O)N(C(C)c4ccccc4)C(=O)[C@H]2[C@H](c2ccccc2)C1([2H])C([2H])=C3[2H]. The van der Waals surface area contributed by atoms with E-state index >= 15 is 0 Å². The van der Waals surface area contributed by atoms with Crippen LogP contribution in [0.15, 0.2) is 84.9 Å². The Morgan fingerprint density at radius 3 is 2.22 bits per heavy atom. The number of hydrogen-bond donors (Lipinski definition) is 0. The van der Waals surface area contributed by atoms with Crippen LogP contribution >= 0.6 is 0 Å². The number of hydrogen-bond acceptors (Lipinski definition) is 2. The predicted octanol–water partition coefficient (Wildman–Crippen LogP) is 4.26. The van der Waals surface area contributed by atoms with Crippen molar-refractivity contribution in [2.24, 2.45) is 17.2 Å². The minimum atomic E-state index is -2.08. The van der Waals surface area contributed by atoms with Gasteiger partial charge in [-0.3, -0.25) is 14.5 Å². The first-order chi connectivity index (χ1) is 15.2. The number of rotatable bonds is 3. The van der Waals surface area contributed by atoms with Crippen LogP contribution in [0.25, 0.3) is 0 Å². The molecule has 0 saturated carbocycles. The van der Waals surface area contributed by atoms with Gasteiger partial charge in [-0.05, 0) is 18.1 Å². The number of carbonyl (C=O) groups is 2. The molecule has 2 aromatic rings. The number of nitrogens with zero attached hydrogens (tertiary/aromatic N) is 1. The molecule has 1 saturated heterocycles. The summed E-state index contributed by atoms with van der Waals surface area (Å²) in [6.45, 7) is 1.71. The van der Waals surface area contributed by atoms with Crippen LogP contribution in [0.5, 0.6) is 0 Å². The molecule has 1 spiro atoms. The van der Waals surface area contributed by atoms with Gasteiger partial charge in [0.1, 0.15) is 0 Å². The Kier molecular flexibility index (Phi) is 2.51. The summed E-state index contributed by atoms with van der Waals surface area (Å²) < 4.78 is 43.6. The fourth-order valence-electron chi connectivity index (χ4n) is 4.40. The normalized spacial score (nSPS) is 38.9. The maximum absolute atomic E-state index is 13.9. The lowest BCUT2D eigenvalue weighted by Crippen LogP contribution is -2.42. The minimum absolute atomic E-state index is 0.487. The lowest BCUT2D eigenvalue weighted by Gasteiger charge is -2.42. The fraction of sp³-hybridized carbons (Fsp3) is 0.250. The summed E-state index contributed by atoms with van der Waals surface area (Å²) >= 11 is 0. The lowest BCUT2D eigenvalue weighted by molar-refractivity contribution is -0.142. The van der Waals surface area contributed by atoms with Gasteiger partial charge in [-0.1, -0.05) is 84.9 Å². The van der Waals surface area contributed by atoms with Crippen LogP contribution in [0.2, 0.25) is 0 Å². The van der Waals surface area contributed by atoms with Crippen LogP contribution in [-0.4, -0.2) is 16.7 Å². The quantitative estimate of drug-likeness (QED) is 0.606. The third-order valence-corrected chi connectivity index (χ3v) is 5.79. The number of amides is 2. The number of imide groups is 1. The summed E-state index contributed by atoms with van der Waals surface area (Å²) in [7, 11) is 0. The Balaban J connectivity index is 1.79. The molecule has 134 valence electrons. The van der Waals surface area contributed by atoms with E-state index in [-0.39, 0.29) is 0 Å². The standard InChI is InChI=1S/C24H21NO2/c1-16(17-8-4-2-5-9-17)25-22(26)21-20(18-10-6-3-7-11-18)19-12-14-24(21,15-13-19)23(25)27/h2-16,19-21H,1H3/t16?,19?,20-,21-,24?/m1/s1/i12D,13D,14D,15D,19D. The molecule has 1 unspecified atom stereocenters. The van der Waals surface area contributed by atoms with Crippen molar-refractivity contribution in [1.82, 2.24) is 4.90 Å². The molecule has 0 aromatic heterocycles. The molecule has 2 amide bonds. The van der Waals surface area contributed by atoms with Gasteiger partial charge in [0.15, 0.2) is 0 Å². The molecule has 1 aliphatic heterocycles. The van der Waals surface area contributed by atoms with E-state index in [1.54, 1.807) is 61.5 Å². The van der Waals surface area contributed by atoms with E-state index in [2.05, 4.69) is 0 Å². The van der Waals surface area contributed by atoms with Gasteiger partial charge in [-0.15, -0.1) is 0 Å². The number of carbonyl (C=O) groups excluding carboxylic acids is 2. The average Bonchev–Trinajstić information content (AvgIpc) is 3.04. The summed E-state index contributed by atoms with van der Waals surface area (Å²) in [4.78, 5) is 28.9. The first-order valence-corrected chi connectivity index (χ1v) is 9.04. The third-order valence-electron chi connectivity index (χ3n) is 5.79.